The summed E-state index contributed by atoms with van der Waals surface area (Å²) in [7, 11) is 0. The molecule has 0 aromatic heterocycles. The molecule has 1 N–H and O–H groups in total. The van der Waals surface area contributed by atoms with E-state index in [1.165, 1.54) is 11.8 Å². The van der Waals surface area contributed by atoms with E-state index in [9.17, 15) is 4.79 Å². The van der Waals surface area contributed by atoms with Crippen LogP contribution in [0.3, 0.4) is 0 Å². The monoisotopic (exact) mass is 230 g/mol. The molecule has 1 unspecified atom stereocenters. The summed E-state index contributed by atoms with van der Waals surface area (Å²) in [6, 6.07) is 5.51. The molecule has 0 aliphatic carbocycles. The number of carbonyl (C=O) groups is 1. The van der Waals surface area contributed by atoms with Crippen LogP contribution in [0.2, 0.25) is 5.02 Å². The third-order valence-electron chi connectivity index (χ3n) is 1.79. The first-order valence-electron chi connectivity index (χ1n) is 4.16. The fourth-order valence-corrected chi connectivity index (χ4v) is 1.96. The molecule has 1 atom stereocenters. The summed E-state index contributed by atoms with van der Waals surface area (Å²) in [6.45, 7) is 3.56. The lowest BCUT2D eigenvalue weighted by molar-refractivity contribution is -0.136. The molecule has 14 heavy (non-hydrogen) atoms. The Morgan fingerprint density at radius 1 is 1.57 bits per heavy atom. The summed E-state index contributed by atoms with van der Waals surface area (Å²) in [5.41, 5.74) is 0.967. The quantitative estimate of drug-likeness (QED) is 0.811. The van der Waals surface area contributed by atoms with Crippen LogP contribution in [0.4, 0.5) is 0 Å². The molecule has 76 valence electrons. The zero-order valence-electron chi connectivity index (χ0n) is 7.95. The van der Waals surface area contributed by atoms with Gasteiger partial charge in [-0.3, -0.25) is 4.79 Å². The molecule has 0 saturated carbocycles. The SMILES string of the molecule is Cc1cc(SC(C)C(=O)O)ccc1Cl. The summed E-state index contributed by atoms with van der Waals surface area (Å²) in [5, 5.41) is 8.99. The van der Waals surface area contributed by atoms with Gasteiger partial charge in [-0.25, -0.2) is 0 Å². The van der Waals surface area contributed by atoms with Crippen LogP contribution in [0.15, 0.2) is 23.1 Å². The van der Waals surface area contributed by atoms with E-state index in [-0.39, 0.29) is 0 Å². The molecule has 1 rings (SSSR count). The Morgan fingerprint density at radius 2 is 2.21 bits per heavy atom. The van der Waals surface area contributed by atoms with Crippen LogP contribution >= 0.6 is 23.4 Å². The van der Waals surface area contributed by atoms with Gasteiger partial charge in [0, 0.05) is 9.92 Å². The van der Waals surface area contributed by atoms with Gasteiger partial charge in [0.25, 0.3) is 0 Å². The number of rotatable bonds is 3. The zero-order chi connectivity index (χ0) is 10.7. The van der Waals surface area contributed by atoms with E-state index in [0.717, 1.165) is 10.5 Å². The van der Waals surface area contributed by atoms with E-state index in [4.69, 9.17) is 16.7 Å². The van der Waals surface area contributed by atoms with Crippen molar-refractivity contribution in [1.29, 1.82) is 0 Å². The van der Waals surface area contributed by atoms with Gasteiger partial charge >= 0.3 is 5.97 Å². The highest BCUT2D eigenvalue weighted by molar-refractivity contribution is 8.00. The molecule has 0 heterocycles. The van der Waals surface area contributed by atoms with E-state index in [0.29, 0.717) is 5.02 Å². The van der Waals surface area contributed by atoms with Gasteiger partial charge in [-0.15, -0.1) is 11.8 Å². The number of carboxylic acid groups (broad SMARTS) is 1. The summed E-state index contributed by atoms with van der Waals surface area (Å²) < 4.78 is 0. The van der Waals surface area contributed by atoms with Crippen LogP contribution in [0.25, 0.3) is 0 Å². The second-order valence-electron chi connectivity index (χ2n) is 3.01. The highest BCUT2D eigenvalue weighted by atomic mass is 35.5. The summed E-state index contributed by atoms with van der Waals surface area (Å²) in [4.78, 5) is 11.5. The molecule has 0 bridgehead atoms. The van der Waals surface area contributed by atoms with Gasteiger partial charge in [0.15, 0.2) is 0 Å². The molecular weight excluding hydrogens is 220 g/mol. The minimum atomic E-state index is -0.803. The first kappa shape index (κ1) is 11.4. The molecule has 0 radical (unpaired) electrons. The molecule has 1 aromatic carbocycles. The lowest BCUT2D eigenvalue weighted by atomic mass is 10.2. The van der Waals surface area contributed by atoms with Gasteiger partial charge in [0.05, 0.1) is 0 Å². The van der Waals surface area contributed by atoms with Crippen molar-refractivity contribution < 1.29 is 9.90 Å². The van der Waals surface area contributed by atoms with E-state index in [2.05, 4.69) is 0 Å². The van der Waals surface area contributed by atoms with Crippen LogP contribution < -0.4 is 0 Å². The number of aliphatic carboxylic acids is 1. The second kappa shape index (κ2) is 4.71. The third kappa shape index (κ3) is 2.93. The van der Waals surface area contributed by atoms with Gasteiger partial charge in [-0.2, -0.15) is 0 Å². The maximum Gasteiger partial charge on any atom is 0.316 e. The Kier molecular flexibility index (Phi) is 3.84. The molecule has 4 heteroatoms. The molecular formula is C10H11ClO2S. The maximum absolute atomic E-state index is 10.6. The van der Waals surface area contributed by atoms with Crippen molar-refractivity contribution in [2.24, 2.45) is 0 Å². The summed E-state index contributed by atoms with van der Waals surface area (Å²) >= 11 is 7.17. The van der Waals surface area contributed by atoms with Crippen molar-refractivity contribution in [3.63, 3.8) is 0 Å². The number of carboxylic acids is 1. The lowest BCUT2D eigenvalue weighted by Gasteiger charge is -2.07. The normalized spacial score (nSPS) is 12.5. The highest BCUT2D eigenvalue weighted by Crippen LogP contribution is 2.27. The van der Waals surface area contributed by atoms with Crippen LogP contribution in [0.1, 0.15) is 12.5 Å². The average Bonchev–Trinajstić information content (AvgIpc) is 2.11. The largest absolute Gasteiger partial charge is 0.480 e. The number of aryl methyl sites for hydroxylation is 1. The smallest absolute Gasteiger partial charge is 0.316 e. The maximum atomic E-state index is 10.6. The van der Waals surface area contributed by atoms with Crippen LogP contribution in [-0.2, 0) is 4.79 Å². The van der Waals surface area contributed by atoms with Gasteiger partial charge in [0.1, 0.15) is 5.25 Å². The molecule has 0 aliphatic rings. The second-order valence-corrected chi connectivity index (χ2v) is 4.83. The minimum absolute atomic E-state index is 0.435. The number of benzene rings is 1. The summed E-state index contributed by atoms with van der Waals surface area (Å²) in [5.74, 6) is -0.803. The van der Waals surface area contributed by atoms with E-state index in [1.807, 2.05) is 19.1 Å². The zero-order valence-corrected chi connectivity index (χ0v) is 9.52. The van der Waals surface area contributed by atoms with Crippen LogP contribution in [0, 0.1) is 6.92 Å². The summed E-state index contributed by atoms with van der Waals surface area (Å²) in [6.07, 6.45) is 0. The number of halogens is 1. The van der Waals surface area contributed by atoms with E-state index >= 15 is 0 Å². The third-order valence-corrected chi connectivity index (χ3v) is 3.30. The standard InChI is InChI=1S/C10H11ClO2S/c1-6-5-8(3-4-9(6)11)14-7(2)10(12)13/h3-5,7H,1-2H3,(H,12,13). The molecule has 0 spiro atoms. The van der Waals surface area contributed by atoms with Crippen LogP contribution in [0.5, 0.6) is 0 Å². The number of thioether (sulfide) groups is 1. The van der Waals surface area contributed by atoms with Crippen molar-refractivity contribution in [1.82, 2.24) is 0 Å². The average molecular weight is 231 g/mol. The van der Waals surface area contributed by atoms with Crippen molar-refractivity contribution in [3.8, 4) is 0 Å². The predicted octanol–water partition coefficient (Wildman–Crippen LogP) is 3.21. The van der Waals surface area contributed by atoms with Crippen molar-refractivity contribution >= 4 is 29.3 Å². The predicted molar refractivity (Wildman–Crippen MR) is 59.1 cm³/mol. The Morgan fingerprint density at radius 3 is 2.71 bits per heavy atom. The first-order valence-corrected chi connectivity index (χ1v) is 5.42. The molecule has 1 aromatic rings. The van der Waals surface area contributed by atoms with Crippen molar-refractivity contribution in [2.45, 2.75) is 24.0 Å². The van der Waals surface area contributed by atoms with Crippen LogP contribution in [-0.4, -0.2) is 16.3 Å². The van der Waals surface area contributed by atoms with Gasteiger partial charge in [-0.1, -0.05) is 11.6 Å². The fourth-order valence-electron chi connectivity index (χ4n) is 0.945. The van der Waals surface area contributed by atoms with Gasteiger partial charge < -0.3 is 5.11 Å². The molecule has 0 fully saturated rings. The van der Waals surface area contributed by atoms with E-state index in [1.54, 1.807) is 13.0 Å². The lowest BCUT2D eigenvalue weighted by Crippen LogP contribution is -2.10. The Labute approximate surface area is 92.3 Å². The Bertz CT molecular complexity index is 352. The number of hydrogen-bond acceptors (Lipinski definition) is 2. The van der Waals surface area contributed by atoms with Gasteiger partial charge in [-0.05, 0) is 37.6 Å². The fraction of sp³-hybridized carbons (Fsp3) is 0.300. The highest BCUT2D eigenvalue weighted by Gasteiger charge is 2.12. The topological polar surface area (TPSA) is 37.3 Å². The first-order chi connectivity index (χ1) is 6.50. The van der Waals surface area contributed by atoms with Crippen molar-refractivity contribution in [2.75, 3.05) is 0 Å². The Balaban J connectivity index is 2.78. The van der Waals surface area contributed by atoms with E-state index < -0.39 is 11.2 Å². The molecule has 0 aliphatic heterocycles. The minimum Gasteiger partial charge on any atom is -0.480 e. The van der Waals surface area contributed by atoms with Gasteiger partial charge in [0.2, 0.25) is 0 Å². The number of hydrogen-bond donors (Lipinski definition) is 1. The van der Waals surface area contributed by atoms with Crippen molar-refractivity contribution in [3.05, 3.63) is 28.8 Å². The molecule has 2 nitrogen and oxygen atoms in total. The molecule has 0 amide bonds. The Hall–Kier alpha value is -0.670. The molecule has 0 saturated heterocycles.